The van der Waals surface area contributed by atoms with E-state index >= 15 is 0 Å². The third kappa shape index (κ3) is 9.34. The molecule has 14 heteroatoms. The zero-order valence-electron chi connectivity index (χ0n) is 22.0. The van der Waals surface area contributed by atoms with Gasteiger partial charge in [0.15, 0.2) is 5.96 Å². The van der Waals surface area contributed by atoms with Crippen molar-refractivity contribution in [3.8, 4) is 5.75 Å². The number of halogens is 4. The van der Waals surface area contributed by atoms with Crippen molar-refractivity contribution in [1.82, 2.24) is 5.32 Å². The molecule has 0 fully saturated rings. The highest BCUT2D eigenvalue weighted by molar-refractivity contribution is 6.31. The van der Waals surface area contributed by atoms with Crippen molar-refractivity contribution < 1.29 is 41.8 Å². The number of amides is 1. The topological polar surface area (TPSA) is 155 Å². The van der Waals surface area contributed by atoms with Crippen LogP contribution in [0.1, 0.15) is 51.7 Å². The van der Waals surface area contributed by atoms with Gasteiger partial charge in [0.1, 0.15) is 25.0 Å². The molecule has 0 aromatic heterocycles. The lowest BCUT2D eigenvalue weighted by atomic mass is 9.85. The molecule has 0 unspecified atom stereocenters. The Morgan fingerprint density at radius 2 is 1.79 bits per heavy atom. The number of benzene rings is 1. The van der Waals surface area contributed by atoms with Gasteiger partial charge in [0.25, 0.3) is 0 Å². The van der Waals surface area contributed by atoms with E-state index in [9.17, 15) is 27.6 Å². The van der Waals surface area contributed by atoms with E-state index in [1.54, 1.807) is 0 Å². The minimum atomic E-state index is -4.92. The van der Waals surface area contributed by atoms with Gasteiger partial charge in [-0.3, -0.25) is 9.79 Å². The second kappa shape index (κ2) is 13.0. The highest BCUT2D eigenvalue weighted by atomic mass is 35.5. The summed E-state index contributed by atoms with van der Waals surface area (Å²) >= 11 is 6.33. The number of hydrogen-bond acceptors (Lipinski definition) is 7. The highest BCUT2D eigenvalue weighted by Gasteiger charge is 2.49. The first-order valence-corrected chi connectivity index (χ1v) is 12.3. The third-order valence-corrected chi connectivity index (χ3v) is 5.76. The Kier molecular flexibility index (Phi) is 10.6. The van der Waals surface area contributed by atoms with Crippen LogP contribution in [0.5, 0.6) is 5.75 Å². The maximum Gasteiger partial charge on any atom is 0.430 e. The van der Waals surface area contributed by atoms with Crippen molar-refractivity contribution in [3.63, 3.8) is 0 Å². The van der Waals surface area contributed by atoms with Crippen LogP contribution in [-0.2, 0) is 29.3 Å². The lowest BCUT2D eigenvalue weighted by Crippen LogP contribution is -2.42. The van der Waals surface area contributed by atoms with Gasteiger partial charge >= 0.3 is 18.1 Å². The molecule has 0 bridgehead atoms. The normalized spacial score (nSPS) is 15.7. The van der Waals surface area contributed by atoms with E-state index in [0.717, 1.165) is 6.08 Å². The quantitative estimate of drug-likeness (QED) is 0.166. The summed E-state index contributed by atoms with van der Waals surface area (Å²) in [5.41, 5.74) is 10.00. The summed E-state index contributed by atoms with van der Waals surface area (Å²) in [6.45, 7) is 5.97. The van der Waals surface area contributed by atoms with Gasteiger partial charge in [0.2, 0.25) is 12.0 Å². The number of carbonyl (C=O) groups excluding carboxylic acids is 3. The van der Waals surface area contributed by atoms with Crippen LogP contribution in [0.15, 0.2) is 22.7 Å². The molecule has 10 nitrogen and oxygen atoms in total. The Bertz CT molecular complexity index is 1140. The maximum absolute atomic E-state index is 13.8. The Hall–Kier alpha value is -3.48. The number of rotatable bonds is 10. The summed E-state index contributed by atoms with van der Waals surface area (Å²) in [5.74, 6) is -2.80. The van der Waals surface area contributed by atoms with E-state index in [4.69, 9.17) is 37.3 Å². The van der Waals surface area contributed by atoms with Gasteiger partial charge < -0.3 is 31.0 Å². The number of aliphatic imine (C=N–C) groups is 1. The zero-order chi connectivity index (χ0) is 29.5. The van der Waals surface area contributed by atoms with Gasteiger partial charge in [-0.05, 0) is 42.0 Å². The Morgan fingerprint density at radius 3 is 2.36 bits per heavy atom. The largest absolute Gasteiger partial charge is 0.475 e. The monoisotopic (exact) mass is 576 g/mol. The fourth-order valence-electron chi connectivity index (χ4n) is 3.66. The van der Waals surface area contributed by atoms with Crippen LogP contribution in [0.4, 0.5) is 13.2 Å². The zero-order valence-corrected chi connectivity index (χ0v) is 22.7. The van der Waals surface area contributed by atoms with E-state index in [1.165, 1.54) is 19.1 Å². The summed E-state index contributed by atoms with van der Waals surface area (Å²) in [5, 5.41) is 2.73. The van der Waals surface area contributed by atoms with E-state index in [2.05, 4.69) is 10.3 Å². The number of nitrogens with two attached hydrogens (primary N) is 2. The van der Waals surface area contributed by atoms with Crippen LogP contribution >= 0.6 is 11.6 Å². The van der Waals surface area contributed by atoms with Gasteiger partial charge in [-0.1, -0.05) is 32.4 Å². The smallest absolute Gasteiger partial charge is 0.430 e. The summed E-state index contributed by atoms with van der Waals surface area (Å²) in [6, 6.07) is 1.84. The predicted molar refractivity (Wildman–Crippen MR) is 138 cm³/mol. The minimum absolute atomic E-state index is 0.0685. The summed E-state index contributed by atoms with van der Waals surface area (Å²) in [4.78, 5) is 40.1. The fourth-order valence-corrected chi connectivity index (χ4v) is 4.12. The van der Waals surface area contributed by atoms with Crippen LogP contribution in [0.3, 0.4) is 0 Å². The second-order valence-electron chi connectivity index (χ2n) is 9.76. The second-order valence-corrected chi connectivity index (χ2v) is 10.2. The number of ether oxygens (including phenoxy) is 3. The molecule has 0 saturated heterocycles. The van der Waals surface area contributed by atoms with Crippen molar-refractivity contribution >= 4 is 41.5 Å². The van der Waals surface area contributed by atoms with Crippen LogP contribution < -0.4 is 21.5 Å². The molecule has 1 heterocycles. The maximum atomic E-state index is 13.8. The molecule has 5 N–H and O–H groups in total. The summed E-state index contributed by atoms with van der Waals surface area (Å²) in [7, 11) is 0. The Labute approximate surface area is 228 Å². The van der Waals surface area contributed by atoms with E-state index in [-0.39, 0.29) is 30.2 Å². The molecule has 2 atom stereocenters. The fraction of sp³-hybridized carbons (Fsp3) is 0.520. The minimum Gasteiger partial charge on any atom is -0.475 e. The Balaban J connectivity index is 2.07. The number of fused-ring (bicyclic) bond motifs is 1. The molecule has 1 aromatic rings. The van der Waals surface area contributed by atoms with Gasteiger partial charge in [0, 0.05) is 24.1 Å². The van der Waals surface area contributed by atoms with Crippen LogP contribution in [0.25, 0.3) is 6.08 Å². The van der Waals surface area contributed by atoms with E-state index in [0.29, 0.717) is 17.0 Å². The van der Waals surface area contributed by atoms with Gasteiger partial charge in [-0.2, -0.15) is 13.2 Å². The Morgan fingerprint density at radius 1 is 1.15 bits per heavy atom. The van der Waals surface area contributed by atoms with Crippen molar-refractivity contribution in [1.29, 1.82) is 0 Å². The molecule has 1 aliphatic rings. The lowest BCUT2D eigenvalue weighted by molar-refractivity contribution is -0.188. The standard InChI is InChI=1S/C25H32ClF3N4O6/c1-13(34)33-18(6-5-7-32-23(30)31)22(36)38-9-8-37-21(35)15-10-14-11-17(26)16(24(2,3)4)12-19(14)39-20(15)25(27,28)29/h10-12,18,20H,5-9H2,1-4H3,(H,33,34)(H4,30,31,32)/t18-,20-/m0/s1. The van der Waals surface area contributed by atoms with Crippen molar-refractivity contribution in [2.75, 3.05) is 19.8 Å². The predicted octanol–water partition coefficient (Wildman–Crippen LogP) is 2.99. The number of nitrogens with one attached hydrogen (secondary N) is 1. The summed E-state index contributed by atoms with van der Waals surface area (Å²) in [6.07, 6.45) is -5.95. The lowest BCUT2D eigenvalue weighted by Gasteiger charge is -2.30. The van der Waals surface area contributed by atoms with Crippen molar-refractivity contribution in [2.45, 2.75) is 64.3 Å². The first kappa shape index (κ1) is 31.7. The van der Waals surface area contributed by atoms with Crippen LogP contribution in [0.2, 0.25) is 5.02 Å². The van der Waals surface area contributed by atoms with E-state index in [1.807, 2.05) is 20.8 Å². The average Bonchev–Trinajstić information content (AvgIpc) is 2.80. The first-order chi connectivity index (χ1) is 18.0. The van der Waals surface area contributed by atoms with Gasteiger partial charge in [0.05, 0.1) is 5.57 Å². The van der Waals surface area contributed by atoms with Crippen molar-refractivity contribution in [2.24, 2.45) is 16.5 Å². The van der Waals surface area contributed by atoms with Gasteiger partial charge in [-0.15, -0.1) is 0 Å². The third-order valence-electron chi connectivity index (χ3n) is 5.45. The molecule has 216 valence electrons. The molecule has 1 amide bonds. The number of hydrogen-bond donors (Lipinski definition) is 3. The molecule has 0 aliphatic carbocycles. The molecule has 0 spiro atoms. The molecule has 0 saturated carbocycles. The molecular weight excluding hydrogens is 545 g/mol. The van der Waals surface area contributed by atoms with Crippen LogP contribution in [0, 0.1) is 0 Å². The molecular formula is C25H32ClF3N4O6. The number of nitrogens with zero attached hydrogens (tertiary/aromatic N) is 1. The number of alkyl halides is 3. The average molecular weight is 577 g/mol. The molecule has 0 radical (unpaired) electrons. The highest BCUT2D eigenvalue weighted by Crippen LogP contribution is 2.42. The SMILES string of the molecule is CC(=O)N[C@@H](CCCN=C(N)N)C(=O)OCCOC(=O)C1=Cc2cc(Cl)c(C(C)(C)C)cc2O[C@@H]1C(F)(F)F. The van der Waals surface area contributed by atoms with Gasteiger partial charge in [-0.25, -0.2) is 9.59 Å². The number of esters is 2. The molecule has 1 aliphatic heterocycles. The van der Waals surface area contributed by atoms with Crippen molar-refractivity contribution in [3.05, 3.63) is 33.9 Å². The summed E-state index contributed by atoms with van der Waals surface area (Å²) < 4.78 is 56.5. The van der Waals surface area contributed by atoms with Crippen LogP contribution in [-0.4, -0.2) is 61.9 Å². The number of carbonyl (C=O) groups is 3. The van der Waals surface area contributed by atoms with E-state index < -0.39 is 60.4 Å². The molecule has 39 heavy (non-hydrogen) atoms. The molecule has 1 aromatic carbocycles. The molecule has 2 rings (SSSR count). The number of guanidine groups is 1. The first-order valence-electron chi connectivity index (χ1n) is 12.0.